The molecule has 0 amide bonds. The van der Waals surface area contributed by atoms with E-state index in [9.17, 15) is 0 Å². The molecule has 3 heterocycles. The first-order valence-corrected chi connectivity index (χ1v) is 6.58. The van der Waals surface area contributed by atoms with Gasteiger partial charge in [0.25, 0.3) is 0 Å². The maximum absolute atomic E-state index is 5.16. The van der Waals surface area contributed by atoms with Crippen LogP contribution < -0.4 is 5.32 Å². The molecule has 0 aliphatic heterocycles. The minimum atomic E-state index is 0.567. The van der Waals surface area contributed by atoms with Gasteiger partial charge in [0, 0.05) is 22.9 Å². The first-order chi connectivity index (χ1) is 9.22. The van der Waals surface area contributed by atoms with Crippen LogP contribution in [0.3, 0.4) is 0 Å². The summed E-state index contributed by atoms with van der Waals surface area (Å²) in [4.78, 5) is 8.67. The molecule has 6 heteroatoms. The molecular formula is C13H11BrN4O. The van der Waals surface area contributed by atoms with Crippen LogP contribution in [0.2, 0.25) is 0 Å². The zero-order valence-electron chi connectivity index (χ0n) is 10.2. The fraction of sp³-hybridized carbons (Fsp3) is 0.154. The van der Waals surface area contributed by atoms with Crippen molar-refractivity contribution in [3.05, 3.63) is 46.5 Å². The molecule has 19 heavy (non-hydrogen) atoms. The van der Waals surface area contributed by atoms with Crippen molar-refractivity contribution in [2.45, 2.75) is 13.5 Å². The number of halogens is 1. The SMILES string of the molecule is Cc1cc(CNc2ccnc3cc(Br)cnc23)on1. The second-order valence-corrected chi connectivity index (χ2v) is 5.08. The van der Waals surface area contributed by atoms with E-state index in [0.29, 0.717) is 6.54 Å². The van der Waals surface area contributed by atoms with Crippen molar-refractivity contribution in [2.75, 3.05) is 5.32 Å². The Morgan fingerprint density at radius 2 is 2.21 bits per heavy atom. The van der Waals surface area contributed by atoms with Crippen molar-refractivity contribution in [2.24, 2.45) is 0 Å². The van der Waals surface area contributed by atoms with Gasteiger partial charge < -0.3 is 9.84 Å². The van der Waals surface area contributed by atoms with Crippen LogP contribution in [0.1, 0.15) is 11.5 Å². The molecule has 96 valence electrons. The summed E-state index contributed by atoms with van der Waals surface area (Å²) in [7, 11) is 0. The van der Waals surface area contributed by atoms with Crippen molar-refractivity contribution < 1.29 is 4.52 Å². The van der Waals surface area contributed by atoms with Crippen LogP contribution in [0.25, 0.3) is 11.0 Å². The summed E-state index contributed by atoms with van der Waals surface area (Å²) in [6.07, 6.45) is 3.51. The number of pyridine rings is 2. The Morgan fingerprint density at radius 3 is 3.00 bits per heavy atom. The van der Waals surface area contributed by atoms with Crippen molar-refractivity contribution in [3.8, 4) is 0 Å². The average molecular weight is 319 g/mol. The highest BCUT2D eigenvalue weighted by Gasteiger charge is 2.05. The van der Waals surface area contributed by atoms with Gasteiger partial charge in [-0.25, -0.2) is 0 Å². The molecular weight excluding hydrogens is 308 g/mol. The van der Waals surface area contributed by atoms with E-state index in [4.69, 9.17) is 4.52 Å². The van der Waals surface area contributed by atoms with Gasteiger partial charge in [-0.2, -0.15) is 0 Å². The van der Waals surface area contributed by atoms with Crippen LogP contribution >= 0.6 is 15.9 Å². The fourth-order valence-electron chi connectivity index (χ4n) is 1.83. The molecule has 0 fully saturated rings. The molecule has 3 aromatic rings. The van der Waals surface area contributed by atoms with Crippen molar-refractivity contribution in [3.63, 3.8) is 0 Å². The number of hydrogen-bond donors (Lipinski definition) is 1. The van der Waals surface area contributed by atoms with Gasteiger partial charge in [-0.15, -0.1) is 0 Å². The van der Waals surface area contributed by atoms with E-state index in [2.05, 4.69) is 36.4 Å². The van der Waals surface area contributed by atoms with E-state index in [1.165, 1.54) is 0 Å². The number of aryl methyl sites for hydroxylation is 1. The van der Waals surface area contributed by atoms with Gasteiger partial charge in [0.15, 0.2) is 5.76 Å². The lowest BCUT2D eigenvalue weighted by atomic mass is 10.2. The number of anilines is 1. The number of aromatic nitrogens is 3. The lowest BCUT2D eigenvalue weighted by molar-refractivity contribution is 0.384. The Hall–Kier alpha value is -1.95. The van der Waals surface area contributed by atoms with E-state index < -0.39 is 0 Å². The Morgan fingerprint density at radius 1 is 1.32 bits per heavy atom. The molecule has 0 aliphatic carbocycles. The summed E-state index contributed by atoms with van der Waals surface area (Å²) in [5.74, 6) is 0.791. The highest BCUT2D eigenvalue weighted by molar-refractivity contribution is 9.10. The van der Waals surface area contributed by atoms with Gasteiger partial charge >= 0.3 is 0 Å². The largest absolute Gasteiger partial charge is 0.376 e. The third-order valence-electron chi connectivity index (χ3n) is 2.67. The summed E-state index contributed by atoms with van der Waals surface area (Å²) in [6.45, 7) is 2.46. The van der Waals surface area contributed by atoms with E-state index in [1.807, 2.05) is 25.1 Å². The average Bonchev–Trinajstić information content (AvgIpc) is 2.81. The molecule has 0 bridgehead atoms. The van der Waals surface area contributed by atoms with Crippen molar-refractivity contribution in [1.29, 1.82) is 0 Å². The van der Waals surface area contributed by atoms with Gasteiger partial charge in [0.2, 0.25) is 0 Å². The first kappa shape index (κ1) is 12.1. The van der Waals surface area contributed by atoms with Gasteiger partial charge in [-0.1, -0.05) is 5.16 Å². The molecule has 3 aromatic heterocycles. The Kier molecular flexibility index (Phi) is 3.16. The van der Waals surface area contributed by atoms with Gasteiger partial charge in [-0.05, 0) is 35.0 Å². The standard InChI is InChI=1S/C13H11BrN4O/c1-8-4-10(19-18-8)7-16-11-2-3-15-12-5-9(14)6-17-13(11)12/h2-6H,7H2,1H3,(H,15,16). The predicted molar refractivity (Wildman–Crippen MR) is 75.8 cm³/mol. The monoisotopic (exact) mass is 318 g/mol. The molecule has 0 unspecified atom stereocenters. The lowest BCUT2D eigenvalue weighted by Gasteiger charge is -2.06. The third kappa shape index (κ3) is 2.58. The third-order valence-corrected chi connectivity index (χ3v) is 3.11. The molecule has 0 atom stereocenters. The second-order valence-electron chi connectivity index (χ2n) is 4.17. The molecule has 0 spiro atoms. The number of nitrogens with zero attached hydrogens (tertiary/aromatic N) is 3. The quantitative estimate of drug-likeness (QED) is 0.802. The molecule has 1 N–H and O–H groups in total. The summed E-state index contributed by atoms with van der Waals surface area (Å²) < 4.78 is 6.07. The topological polar surface area (TPSA) is 63.8 Å². The Labute approximate surface area is 118 Å². The van der Waals surface area contributed by atoms with Crippen molar-refractivity contribution in [1.82, 2.24) is 15.1 Å². The zero-order valence-corrected chi connectivity index (χ0v) is 11.8. The zero-order chi connectivity index (χ0) is 13.2. The number of hydrogen-bond acceptors (Lipinski definition) is 5. The predicted octanol–water partition coefficient (Wildman–Crippen LogP) is 3.30. The summed E-state index contributed by atoms with van der Waals surface area (Å²) >= 11 is 3.39. The smallest absolute Gasteiger partial charge is 0.156 e. The highest BCUT2D eigenvalue weighted by Crippen LogP contribution is 2.22. The minimum absolute atomic E-state index is 0.567. The van der Waals surface area contributed by atoms with Crippen molar-refractivity contribution >= 4 is 32.7 Å². The maximum Gasteiger partial charge on any atom is 0.156 e. The summed E-state index contributed by atoms with van der Waals surface area (Å²) in [6, 6.07) is 5.74. The van der Waals surface area contributed by atoms with Crippen LogP contribution in [-0.2, 0) is 6.54 Å². The minimum Gasteiger partial charge on any atom is -0.376 e. The van der Waals surface area contributed by atoms with Gasteiger partial charge in [0.1, 0.15) is 5.52 Å². The van der Waals surface area contributed by atoms with Crippen LogP contribution in [0.4, 0.5) is 5.69 Å². The molecule has 3 rings (SSSR count). The van der Waals surface area contributed by atoms with Crippen LogP contribution in [0, 0.1) is 6.92 Å². The molecule has 0 saturated heterocycles. The highest BCUT2D eigenvalue weighted by atomic mass is 79.9. The van der Waals surface area contributed by atoms with Crippen LogP contribution in [0.15, 0.2) is 39.6 Å². The van der Waals surface area contributed by atoms with E-state index >= 15 is 0 Å². The Bertz CT molecular complexity index is 725. The number of fused-ring (bicyclic) bond motifs is 1. The molecule has 0 aromatic carbocycles. The van der Waals surface area contributed by atoms with E-state index in [0.717, 1.165) is 32.6 Å². The molecule has 0 radical (unpaired) electrons. The summed E-state index contributed by atoms with van der Waals surface area (Å²) in [5, 5.41) is 7.14. The second kappa shape index (κ2) is 4.97. The first-order valence-electron chi connectivity index (χ1n) is 5.79. The van der Waals surface area contributed by atoms with Gasteiger partial charge in [0.05, 0.1) is 23.4 Å². The Balaban J connectivity index is 1.88. The van der Waals surface area contributed by atoms with Gasteiger partial charge in [-0.3, -0.25) is 9.97 Å². The maximum atomic E-state index is 5.16. The molecule has 0 saturated carbocycles. The van der Waals surface area contributed by atoms with Crippen LogP contribution in [-0.4, -0.2) is 15.1 Å². The lowest BCUT2D eigenvalue weighted by Crippen LogP contribution is -2.00. The number of nitrogens with one attached hydrogen (secondary N) is 1. The normalized spacial score (nSPS) is 10.8. The molecule has 0 aliphatic rings. The molecule has 5 nitrogen and oxygen atoms in total. The van der Waals surface area contributed by atoms with E-state index in [-0.39, 0.29) is 0 Å². The number of rotatable bonds is 3. The summed E-state index contributed by atoms with van der Waals surface area (Å²) in [5.41, 5.74) is 3.47. The fourth-order valence-corrected chi connectivity index (χ4v) is 2.15. The van der Waals surface area contributed by atoms with Crippen LogP contribution in [0.5, 0.6) is 0 Å². The van der Waals surface area contributed by atoms with E-state index in [1.54, 1.807) is 12.4 Å².